The van der Waals surface area contributed by atoms with E-state index in [1.807, 2.05) is 0 Å². The van der Waals surface area contributed by atoms with Crippen LogP contribution < -0.4 is 0 Å². The molecule has 17 heavy (non-hydrogen) atoms. The van der Waals surface area contributed by atoms with Gasteiger partial charge in [-0.3, -0.25) is 4.79 Å². The van der Waals surface area contributed by atoms with Crippen molar-refractivity contribution in [1.29, 1.82) is 0 Å². The molecule has 0 spiro atoms. The normalized spacial score (nSPS) is 16.5. The van der Waals surface area contributed by atoms with Crippen LogP contribution in [0.15, 0.2) is 12.2 Å². The molecule has 2 nitrogen and oxygen atoms in total. The molecule has 1 aliphatic rings. The summed E-state index contributed by atoms with van der Waals surface area (Å²) in [5.41, 5.74) is -0.0336. The summed E-state index contributed by atoms with van der Waals surface area (Å²) in [6.07, 6.45) is 9.88. The molecule has 0 aromatic carbocycles. The van der Waals surface area contributed by atoms with Crippen molar-refractivity contribution < 1.29 is 4.79 Å². The van der Waals surface area contributed by atoms with E-state index in [1.165, 1.54) is 0 Å². The SMILES string of the molecule is CC/C=C\CCCN(C(=O)C1CC1)C(C)(C)C. The predicted molar refractivity (Wildman–Crippen MR) is 72.9 cm³/mol. The van der Waals surface area contributed by atoms with Gasteiger partial charge in [0.2, 0.25) is 5.91 Å². The van der Waals surface area contributed by atoms with Gasteiger partial charge in [-0.15, -0.1) is 0 Å². The molecule has 0 aromatic heterocycles. The minimum Gasteiger partial charge on any atom is -0.338 e. The van der Waals surface area contributed by atoms with Crippen LogP contribution in [0.2, 0.25) is 0 Å². The standard InChI is InChI=1S/C15H27NO/c1-5-6-7-8-9-12-16(15(2,3)4)14(17)13-10-11-13/h6-7,13H,5,8-12H2,1-4H3/b7-6-. The third-order valence-electron chi connectivity index (χ3n) is 3.16. The Balaban J connectivity index is 2.41. The molecule has 1 rings (SSSR count). The second-order valence-corrected chi connectivity index (χ2v) is 5.96. The lowest BCUT2D eigenvalue weighted by atomic mass is 10.0. The van der Waals surface area contributed by atoms with Crippen molar-refractivity contribution in [2.45, 2.75) is 65.3 Å². The summed E-state index contributed by atoms with van der Waals surface area (Å²) in [5, 5.41) is 0. The lowest BCUT2D eigenvalue weighted by molar-refractivity contribution is -0.137. The highest BCUT2D eigenvalue weighted by atomic mass is 16.2. The predicted octanol–water partition coefficient (Wildman–Crippen LogP) is 3.77. The Bertz CT molecular complexity index is 271. The minimum absolute atomic E-state index is 0.0336. The quantitative estimate of drug-likeness (QED) is 0.508. The number of unbranched alkanes of at least 4 members (excludes halogenated alkanes) is 1. The highest BCUT2D eigenvalue weighted by molar-refractivity contribution is 5.81. The molecule has 1 amide bonds. The van der Waals surface area contributed by atoms with Gasteiger partial charge in [0.1, 0.15) is 0 Å². The lowest BCUT2D eigenvalue weighted by Gasteiger charge is -2.36. The number of allylic oxidation sites excluding steroid dienone is 2. The lowest BCUT2D eigenvalue weighted by Crippen LogP contribution is -2.46. The van der Waals surface area contributed by atoms with E-state index < -0.39 is 0 Å². The summed E-state index contributed by atoms with van der Waals surface area (Å²) in [4.78, 5) is 14.3. The third kappa shape index (κ3) is 4.93. The average molecular weight is 237 g/mol. The zero-order chi connectivity index (χ0) is 12.9. The summed E-state index contributed by atoms with van der Waals surface area (Å²) in [5.74, 6) is 0.706. The van der Waals surface area contributed by atoms with E-state index >= 15 is 0 Å². The molecule has 1 aliphatic carbocycles. The van der Waals surface area contributed by atoms with Crippen LogP contribution in [0.3, 0.4) is 0 Å². The van der Waals surface area contributed by atoms with E-state index in [0.29, 0.717) is 11.8 Å². The fourth-order valence-corrected chi connectivity index (χ4v) is 1.98. The van der Waals surface area contributed by atoms with Gasteiger partial charge in [0.25, 0.3) is 0 Å². The fraction of sp³-hybridized carbons (Fsp3) is 0.800. The van der Waals surface area contributed by atoms with Crippen molar-refractivity contribution in [2.75, 3.05) is 6.54 Å². The molecule has 0 unspecified atom stereocenters. The Kier molecular flexibility index (Phi) is 5.23. The zero-order valence-electron chi connectivity index (χ0n) is 11.8. The topological polar surface area (TPSA) is 20.3 Å². The Labute approximate surface area is 106 Å². The van der Waals surface area contributed by atoms with Crippen LogP contribution in [-0.4, -0.2) is 22.9 Å². The second kappa shape index (κ2) is 6.23. The first-order valence-corrected chi connectivity index (χ1v) is 6.93. The minimum atomic E-state index is -0.0336. The van der Waals surface area contributed by atoms with E-state index in [1.54, 1.807) is 0 Å². The molecule has 0 N–H and O–H groups in total. The van der Waals surface area contributed by atoms with Crippen LogP contribution >= 0.6 is 0 Å². The van der Waals surface area contributed by atoms with Gasteiger partial charge in [-0.05, 0) is 52.9 Å². The largest absolute Gasteiger partial charge is 0.338 e. The van der Waals surface area contributed by atoms with Gasteiger partial charge in [0, 0.05) is 18.0 Å². The highest BCUT2D eigenvalue weighted by Crippen LogP contribution is 2.33. The average Bonchev–Trinajstić information content (AvgIpc) is 3.04. The maximum absolute atomic E-state index is 12.2. The van der Waals surface area contributed by atoms with E-state index in [2.05, 4.69) is 44.7 Å². The molecule has 0 atom stereocenters. The van der Waals surface area contributed by atoms with Crippen LogP contribution in [0.4, 0.5) is 0 Å². The summed E-state index contributed by atoms with van der Waals surface area (Å²) in [6, 6.07) is 0. The molecule has 0 radical (unpaired) electrons. The Morgan fingerprint density at radius 1 is 1.29 bits per heavy atom. The van der Waals surface area contributed by atoms with E-state index in [0.717, 1.165) is 38.6 Å². The number of hydrogen-bond donors (Lipinski definition) is 0. The van der Waals surface area contributed by atoms with Crippen molar-refractivity contribution in [1.82, 2.24) is 4.90 Å². The number of carbonyl (C=O) groups is 1. The number of hydrogen-bond acceptors (Lipinski definition) is 1. The molecule has 0 aromatic rings. The first-order valence-electron chi connectivity index (χ1n) is 6.93. The third-order valence-corrected chi connectivity index (χ3v) is 3.16. The highest BCUT2D eigenvalue weighted by Gasteiger charge is 2.37. The molecule has 0 aliphatic heterocycles. The van der Waals surface area contributed by atoms with E-state index in [9.17, 15) is 4.79 Å². The smallest absolute Gasteiger partial charge is 0.226 e. The molecule has 98 valence electrons. The molecule has 1 saturated carbocycles. The molecular weight excluding hydrogens is 210 g/mol. The zero-order valence-corrected chi connectivity index (χ0v) is 11.8. The van der Waals surface area contributed by atoms with Crippen LogP contribution in [-0.2, 0) is 4.79 Å². The summed E-state index contributed by atoms with van der Waals surface area (Å²) in [6.45, 7) is 9.45. The summed E-state index contributed by atoms with van der Waals surface area (Å²) in [7, 11) is 0. The Morgan fingerprint density at radius 3 is 2.41 bits per heavy atom. The molecule has 0 heterocycles. The van der Waals surface area contributed by atoms with Crippen molar-refractivity contribution in [3.63, 3.8) is 0 Å². The first-order chi connectivity index (χ1) is 7.96. The van der Waals surface area contributed by atoms with Crippen LogP contribution in [0.25, 0.3) is 0 Å². The van der Waals surface area contributed by atoms with Gasteiger partial charge in [-0.2, -0.15) is 0 Å². The summed E-state index contributed by atoms with van der Waals surface area (Å²) >= 11 is 0. The monoisotopic (exact) mass is 237 g/mol. The van der Waals surface area contributed by atoms with Gasteiger partial charge in [0.15, 0.2) is 0 Å². The van der Waals surface area contributed by atoms with Gasteiger partial charge >= 0.3 is 0 Å². The van der Waals surface area contributed by atoms with Gasteiger partial charge in [0.05, 0.1) is 0 Å². The molecule has 0 saturated heterocycles. The number of nitrogens with zero attached hydrogens (tertiary/aromatic N) is 1. The first kappa shape index (κ1) is 14.3. The van der Waals surface area contributed by atoms with Gasteiger partial charge in [-0.25, -0.2) is 0 Å². The molecule has 1 fully saturated rings. The van der Waals surface area contributed by atoms with Crippen molar-refractivity contribution in [3.05, 3.63) is 12.2 Å². The van der Waals surface area contributed by atoms with Crippen LogP contribution in [0, 0.1) is 5.92 Å². The Hall–Kier alpha value is -0.790. The van der Waals surface area contributed by atoms with E-state index in [4.69, 9.17) is 0 Å². The number of rotatable bonds is 6. The molecular formula is C15H27NO. The van der Waals surface area contributed by atoms with Gasteiger partial charge in [-0.1, -0.05) is 19.1 Å². The van der Waals surface area contributed by atoms with Crippen LogP contribution in [0.1, 0.15) is 59.8 Å². The van der Waals surface area contributed by atoms with Gasteiger partial charge < -0.3 is 4.90 Å². The van der Waals surface area contributed by atoms with Crippen LogP contribution in [0.5, 0.6) is 0 Å². The number of amides is 1. The Morgan fingerprint density at radius 2 is 1.94 bits per heavy atom. The van der Waals surface area contributed by atoms with Crippen molar-refractivity contribution in [2.24, 2.45) is 5.92 Å². The van der Waals surface area contributed by atoms with Crippen molar-refractivity contribution in [3.8, 4) is 0 Å². The van der Waals surface area contributed by atoms with Crippen molar-refractivity contribution >= 4 is 5.91 Å². The molecule has 2 heteroatoms. The molecule has 0 bridgehead atoms. The maximum Gasteiger partial charge on any atom is 0.226 e. The van der Waals surface area contributed by atoms with E-state index in [-0.39, 0.29) is 5.54 Å². The fourth-order valence-electron chi connectivity index (χ4n) is 1.98. The second-order valence-electron chi connectivity index (χ2n) is 5.96. The summed E-state index contributed by atoms with van der Waals surface area (Å²) < 4.78 is 0. The maximum atomic E-state index is 12.2. The number of carbonyl (C=O) groups excluding carboxylic acids is 1.